The summed E-state index contributed by atoms with van der Waals surface area (Å²) in [5.41, 5.74) is 0. The summed E-state index contributed by atoms with van der Waals surface area (Å²) < 4.78 is 16.4. The molecule has 2 atom stereocenters. The van der Waals surface area contributed by atoms with Crippen molar-refractivity contribution in [2.24, 2.45) is 0 Å². The highest BCUT2D eigenvalue weighted by atomic mass is 31.2. The number of unbranched alkanes of at least 4 members (excludes halogenated alkanes) is 1. The van der Waals surface area contributed by atoms with Gasteiger partial charge in [0.2, 0.25) is 0 Å². The zero-order chi connectivity index (χ0) is 10.3. The molecule has 0 spiro atoms. The van der Waals surface area contributed by atoms with E-state index < -0.39 is 7.60 Å². The Morgan fingerprint density at radius 3 is 2.38 bits per heavy atom. The van der Waals surface area contributed by atoms with Gasteiger partial charge in [0.25, 0.3) is 0 Å². The normalized spacial score (nSPS) is 18.2. The molecule has 0 bridgehead atoms. The lowest BCUT2D eigenvalue weighted by Gasteiger charge is -2.18. The van der Waals surface area contributed by atoms with E-state index in [4.69, 9.17) is 4.52 Å². The van der Waals surface area contributed by atoms with Crippen molar-refractivity contribution < 1.29 is 14.0 Å². The topological polar surface area (TPSA) is 46.5 Å². The van der Waals surface area contributed by atoms with E-state index in [2.05, 4.69) is 6.92 Å². The third-order valence-electron chi connectivity index (χ3n) is 2.05. The fourth-order valence-electron chi connectivity index (χ4n) is 1.07. The second-order valence-electron chi connectivity index (χ2n) is 3.23. The van der Waals surface area contributed by atoms with Crippen LogP contribution in [0.25, 0.3) is 0 Å². The molecule has 80 valence electrons. The maximum Gasteiger partial charge on any atom is 0.328 e. The summed E-state index contributed by atoms with van der Waals surface area (Å²) >= 11 is 0. The first kappa shape index (κ1) is 13.2. The van der Waals surface area contributed by atoms with Crippen molar-refractivity contribution >= 4 is 7.60 Å². The van der Waals surface area contributed by atoms with Gasteiger partial charge in [-0.1, -0.05) is 33.6 Å². The van der Waals surface area contributed by atoms with Crippen molar-refractivity contribution in [3.8, 4) is 0 Å². The van der Waals surface area contributed by atoms with Crippen LogP contribution in [0, 0.1) is 0 Å². The maximum absolute atomic E-state index is 11.2. The minimum absolute atomic E-state index is 0.0456. The lowest BCUT2D eigenvalue weighted by atomic mass is 10.1. The molecule has 2 unspecified atom stereocenters. The smallest absolute Gasteiger partial charge is 0.324 e. The van der Waals surface area contributed by atoms with Crippen LogP contribution in [0.3, 0.4) is 0 Å². The molecule has 0 aliphatic carbocycles. The molecule has 3 nitrogen and oxygen atoms in total. The second-order valence-corrected chi connectivity index (χ2v) is 5.35. The minimum atomic E-state index is -3.29. The van der Waals surface area contributed by atoms with Crippen LogP contribution in [-0.2, 0) is 9.09 Å². The first-order chi connectivity index (χ1) is 6.05. The fraction of sp³-hybridized carbons (Fsp3) is 1.00. The average molecular weight is 208 g/mol. The van der Waals surface area contributed by atoms with E-state index >= 15 is 0 Å². The lowest BCUT2D eigenvalue weighted by molar-refractivity contribution is 0.159. The first-order valence-corrected chi connectivity index (χ1v) is 6.82. The van der Waals surface area contributed by atoms with Crippen LogP contribution >= 0.6 is 7.60 Å². The van der Waals surface area contributed by atoms with Gasteiger partial charge in [-0.2, -0.15) is 0 Å². The summed E-state index contributed by atoms with van der Waals surface area (Å²) in [6.07, 6.45) is 4.01. The third-order valence-corrected chi connectivity index (χ3v) is 3.48. The second kappa shape index (κ2) is 6.58. The summed E-state index contributed by atoms with van der Waals surface area (Å²) in [5.74, 6) is 0. The molecule has 0 rings (SSSR count). The van der Waals surface area contributed by atoms with Crippen molar-refractivity contribution in [1.29, 1.82) is 0 Å². The molecule has 1 N–H and O–H groups in total. The van der Waals surface area contributed by atoms with Crippen molar-refractivity contribution in [3.63, 3.8) is 0 Å². The van der Waals surface area contributed by atoms with Gasteiger partial charge in [-0.05, 0) is 12.8 Å². The van der Waals surface area contributed by atoms with E-state index in [1.165, 1.54) is 0 Å². The van der Waals surface area contributed by atoms with Crippen LogP contribution in [0.15, 0.2) is 0 Å². The monoisotopic (exact) mass is 208 g/mol. The highest BCUT2D eigenvalue weighted by molar-refractivity contribution is 7.52. The van der Waals surface area contributed by atoms with Crippen molar-refractivity contribution in [3.05, 3.63) is 0 Å². The lowest BCUT2D eigenvalue weighted by Crippen LogP contribution is -2.10. The summed E-state index contributed by atoms with van der Waals surface area (Å²) in [4.78, 5) is 9.26. The molecule has 0 aromatic heterocycles. The Hall–Kier alpha value is 0.150. The van der Waals surface area contributed by atoms with Crippen LogP contribution in [0.1, 0.15) is 46.5 Å². The summed E-state index contributed by atoms with van der Waals surface area (Å²) in [6, 6.07) is 0. The fourth-order valence-corrected chi connectivity index (χ4v) is 1.94. The molecule has 0 saturated carbocycles. The third kappa shape index (κ3) is 6.25. The van der Waals surface area contributed by atoms with E-state index in [0.29, 0.717) is 0 Å². The minimum Gasteiger partial charge on any atom is -0.324 e. The molecule has 0 radical (unpaired) electrons. The van der Waals surface area contributed by atoms with Gasteiger partial charge in [0.15, 0.2) is 0 Å². The molecule has 0 amide bonds. The Morgan fingerprint density at radius 2 is 2.00 bits per heavy atom. The maximum atomic E-state index is 11.2. The molecule has 0 fully saturated rings. The first-order valence-electron chi connectivity index (χ1n) is 5.05. The van der Waals surface area contributed by atoms with Crippen molar-refractivity contribution in [2.75, 3.05) is 6.16 Å². The largest absolute Gasteiger partial charge is 0.328 e. The van der Waals surface area contributed by atoms with Gasteiger partial charge >= 0.3 is 7.60 Å². The van der Waals surface area contributed by atoms with Crippen molar-refractivity contribution in [1.82, 2.24) is 0 Å². The summed E-state index contributed by atoms with van der Waals surface area (Å²) in [6.45, 7) is 5.76. The Kier molecular flexibility index (Phi) is 6.66. The highest BCUT2D eigenvalue weighted by Crippen LogP contribution is 2.43. The molecule has 0 aromatic rings. The van der Waals surface area contributed by atoms with Crippen LogP contribution in [0.2, 0.25) is 0 Å². The summed E-state index contributed by atoms with van der Waals surface area (Å²) in [5, 5.41) is 0. The Labute approximate surface area is 81.0 Å². The highest BCUT2D eigenvalue weighted by Gasteiger charge is 2.20. The molecule has 0 aromatic carbocycles. The van der Waals surface area contributed by atoms with Gasteiger partial charge in [-0.3, -0.25) is 4.57 Å². The molecule has 0 aliphatic rings. The van der Waals surface area contributed by atoms with Gasteiger partial charge in [-0.15, -0.1) is 0 Å². The summed E-state index contributed by atoms with van der Waals surface area (Å²) in [7, 11) is -3.29. The number of rotatable bonds is 7. The SMILES string of the molecule is CCCCC(CC)OP(=O)(O)CC. The van der Waals surface area contributed by atoms with E-state index in [9.17, 15) is 9.46 Å². The molecule has 0 heterocycles. The Bertz CT molecular complexity index is 170. The van der Waals surface area contributed by atoms with Gasteiger partial charge in [0.05, 0.1) is 6.10 Å². The zero-order valence-electron chi connectivity index (χ0n) is 8.82. The van der Waals surface area contributed by atoms with Crippen LogP contribution in [0.4, 0.5) is 0 Å². The van der Waals surface area contributed by atoms with E-state index in [1.807, 2.05) is 6.92 Å². The van der Waals surface area contributed by atoms with E-state index in [1.54, 1.807) is 6.92 Å². The van der Waals surface area contributed by atoms with E-state index in [-0.39, 0.29) is 12.3 Å². The van der Waals surface area contributed by atoms with E-state index in [0.717, 1.165) is 25.7 Å². The number of hydrogen-bond acceptors (Lipinski definition) is 2. The van der Waals surface area contributed by atoms with Crippen molar-refractivity contribution in [2.45, 2.75) is 52.6 Å². The quantitative estimate of drug-likeness (QED) is 0.653. The zero-order valence-corrected chi connectivity index (χ0v) is 9.72. The van der Waals surface area contributed by atoms with Gasteiger partial charge in [0, 0.05) is 6.16 Å². The van der Waals surface area contributed by atoms with Gasteiger partial charge in [-0.25, -0.2) is 0 Å². The van der Waals surface area contributed by atoms with Crippen LogP contribution in [0.5, 0.6) is 0 Å². The molecule has 0 aliphatic heterocycles. The van der Waals surface area contributed by atoms with Crippen LogP contribution in [-0.4, -0.2) is 17.2 Å². The molecular formula is C9H21O3P. The number of hydrogen-bond donors (Lipinski definition) is 1. The molecule has 13 heavy (non-hydrogen) atoms. The standard InChI is InChI=1S/C9H21O3P/c1-4-7-8-9(5-2)12-13(10,11)6-3/h9H,4-8H2,1-3H3,(H,10,11). The predicted octanol–water partition coefficient (Wildman–Crippen LogP) is 3.18. The average Bonchev–Trinajstić information content (AvgIpc) is 2.12. The molecular weight excluding hydrogens is 187 g/mol. The molecule has 0 saturated heterocycles. The van der Waals surface area contributed by atoms with Crippen LogP contribution < -0.4 is 0 Å². The Balaban J connectivity index is 3.90. The predicted molar refractivity (Wildman–Crippen MR) is 55.1 cm³/mol. The van der Waals surface area contributed by atoms with Gasteiger partial charge < -0.3 is 9.42 Å². The van der Waals surface area contributed by atoms with Gasteiger partial charge in [0.1, 0.15) is 0 Å². The molecule has 4 heteroatoms. The Morgan fingerprint density at radius 1 is 1.38 bits per heavy atom.